The summed E-state index contributed by atoms with van der Waals surface area (Å²) in [6, 6.07) is 15.0. The number of carbonyl (C=O) groups is 1. The summed E-state index contributed by atoms with van der Waals surface area (Å²) in [6.45, 7) is 3.35. The maximum atomic E-state index is 11.0. The van der Waals surface area contributed by atoms with Crippen LogP contribution in [0.15, 0.2) is 60.4 Å². The Morgan fingerprint density at radius 2 is 1.95 bits per heavy atom. The van der Waals surface area contributed by atoms with E-state index < -0.39 is 0 Å². The van der Waals surface area contributed by atoms with Crippen molar-refractivity contribution in [3.63, 3.8) is 0 Å². The maximum absolute atomic E-state index is 11.0. The Morgan fingerprint density at radius 1 is 1.23 bits per heavy atom. The Balaban J connectivity index is 2.09. The van der Waals surface area contributed by atoms with Crippen LogP contribution in [0.2, 0.25) is 0 Å². The molecule has 0 saturated carbocycles. The molecule has 1 aromatic heterocycles. The summed E-state index contributed by atoms with van der Waals surface area (Å²) in [7, 11) is 0. The van der Waals surface area contributed by atoms with Crippen LogP contribution in [0, 0.1) is 0 Å². The van der Waals surface area contributed by atoms with Crippen molar-refractivity contribution in [3.8, 4) is 11.6 Å². The third kappa shape index (κ3) is 4.74. The molecular formula is C18H19NO3. The maximum Gasteiger partial charge on any atom is 0.219 e. The lowest BCUT2D eigenvalue weighted by Gasteiger charge is -2.12. The Bertz CT molecular complexity index is 665. The van der Waals surface area contributed by atoms with Crippen molar-refractivity contribution < 1.29 is 14.6 Å². The van der Waals surface area contributed by atoms with E-state index in [1.165, 1.54) is 13.0 Å². The van der Waals surface area contributed by atoms with Gasteiger partial charge in [-0.1, -0.05) is 31.2 Å². The highest BCUT2D eigenvalue weighted by molar-refractivity contribution is 5.87. The van der Waals surface area contributed by atoms with Gasteiger partial charge in [0.15, 0.2) is 5.78 Å². The molecule has 1 aromatic carbocycles. The van der Waals surface area contributed by atoms with Crippen LogP contribution in [0.1, 0.15) is 31.9 Å². The zero-order valence-corrected chi connectivity index (χ0v) is 12.7. The first-order valence-corrected chi connectivity index (χ1v) is 7.14. The minimum Gasteiger partial charge on any atom is -0.512 e. The molecule has 0 aliphatic carbocycles. The number of pyridine rings is 1. The second kappa shape index (κ2) is 7.41. The number of carbonyl (C=O) groups excluding carboxylic acids is 1. The van der Waals surface area contributed by atoms with Crippen molar-refractivity contribution in [1.29, 1.82) is 0 Å². The monoisotopic (exact) mass is 297 g/mol. The number of aliphatic hydroxyl groups excluding tert-OH is 1. The molecule has 1 unspecified atom stereocenters. The number of benzene rings is 1. The molecule has 114 valence electrons. The normalized spacial score (nSPS) is 12.7. The van der Waals surface area contributed by atoms with Crippen molar-refractivity contribution in [2.24, 2.45) is 0 Å². The first kappa shape index (κ1) is 15.8. The van der Waals surface area contributed by atoms with E-state index in [0.717, 1.165) is 11.4 Å². The van der Waals surface area contributed by atoms with Crippen LogP contribution in [-0.4, -0.2) is 15.9 Å². The number of rotatable bonds is 6. The first-order chi connectivity index (χ1) is 10.5. The molecule has 4 heteroatoms. The van der Waals surface area contributed by atoms with Crippen LogP contribution in [0.25, 0.3) is 0 Å². The van der Waals surface area contributed by atoms with Gasteiger partial charge >= 0.3 is 0 Å². The molecular weight excluding hydrogens is 278 g/mol. The van der Waals surface area contributed by atoms with E-state index in [2.05, 4.69) is 4.98 Å². The van der Waals surface area contributed by atoms with Gasteiger partial charge in [-0.05, 0) is 25.1 Å². The molecule has 4 nitrogen and oxygen atoms in total. The number of ketones is 1. The van der Waals surface area contributed by atoms with Gasteiger partial charge in [-0.25, -0.2) is 4.98 Å². The third-order valence-corrected chi connectivity index (χ3v) is 3.10. The van der Waals surface area contributed by atoms with E-state index in [1.807, 2.05) is 49.4 Å². The third-order valence-electron chi connectivity index (χ3n) is 3.10. The van der Waals surface area contributed by atoms with E-state index >= 15 is 0 Å². The average Bonchev–Trinajstić information content (AvgIpc) is 2.47. The first-order valence-electron chi connectivity index (χ1n) is 7.14. The van der Waals surface area contributed by atoms with Gasteiger partial charge in [-0.2, -0.15) is 0 Å². The molecule has 1 N–H and O–H groups in total. The molecule has 0 radical (unpaired) electrons. The molecule has 0 aliphatic rings. The van der Waals surface area contributed by atoms with Crippen LogP contribution in [0.4, 0.5) is 0 Å². The van der Waals surface area contributed by atoms with Gasteiger partial charge in [0.2, 0.25) is 5.88 Å². The SMILES string of the molecule is CC(=O)/C=C(\O)CC(C)c1cccc(Oc2ccccc2)n1. The average molecular weight is 297 g/mol. The molecule has 1 atom stereocenters. The zero-order chi connectivity index (χ0) is 15.9. The van der Waals surface area contributed by atoms with Crippen molar-refractivity contribution >= 4 is 5.78 Å². The lowest BCUT2D eigenvalue weighted by molar-refractivity contribution is -0.112. The minimum atomic E-state index is -0.168. The molecule has 0 bridgehead atoms. The Kier molecular flexibility index (Phi) is 5.31. The van der Waals surface area contributed by atoms with Crippen LogP contribution in [0.3, 0.4) is 0 Å². The fraction of sp³-hybridized carbons (Fsp3) is 0.222. The number of hydrogen-bond acceptors (Lipinski definition) is 4. The molecule has 1 heterocycles. The lowest BCUT2D eigenvalue weighted by Crippen LogP contribution is -2.01. The lowest BCUT2D eigenvalue weighted by atomic mass is 10.0. The molecule has 2 rings (SSSR count). The molecule has 0 amide bonds. The molecule has 0 fully saturated rings. The van der Waals surface area contributed by atoms with Gasteiger partial charge in [-0.15, -0.1) is 0 Å². The Labute approximate surface area is 130 Å². The van der Waals surface area contributed by atoms with E-state index in [-0.39, 0.29) is 17.5 Å². The number of hydrogen-bond donors (Lipinski definition) is 1. The van der Waals surface area contributed by atoms with Crippen molar-refractivity contribution in [1.82, 2.24) is 4.98 Å². The standard InChI is InChI=1S/C18H19NO3/c1-13(11-15(21)12-14(2)20)17-9-6-10-18(19-17)22-16-7-4-3-5-8-16/h3-10,12-13,21H,11H2,1-2H3/b15-12-. The van der Waals surface area contributed by atoms with Crippen LogP contribution >= 0.6 is 0 Å². The summed E-state index contributed by atoms with van der Waals surface area (Å²) >= 11 is 0. The highest BCUT2D eigenvalue weighted by Gasteiger charge is 2.11. The quantitative estimate of drug-likeness (QED) is 0.634. The van der Waals surface area contributed by atoms with Crippen molar-refractivity contribution in [3.05, 3.63) is 66.1 Å². The van der Waals surface area contributed by atoms with E-state index in [0.29, 0.717) is 12.3 Å². The smallest absolute Gasteiger partial charge is 0.219 e. The largest absolute Gasteiger partial charge is 0.512 e. The molecule has 2 aromatic rings. The van der Waals surface area contributed by atoms with Gasteiger partial charge in [-0.3, -0.25) is 4.79 Å². The number of para-hydroxylation sites is 1. The highest BCUT2D eigenvalue weighted by atomic mass is 16.5. The minimum absolute atomic E-state index is 0.0186. The van der Waals surface area contributed by atoms with Crippen LogP contribution < -0.4 is 4.74 Å². The predicted molar refractivity (Wildman–Crippen MR) is 85.2 cm³/mol. The van der Waals surface area contributed by atoms with Crippen LogP contribution in [0.5, 0.6) is 11.6 Å². The van der Waals surface area contributed by atoms with Gasteiger partial charge in [0.1, 0.15) is 5.75 Å². The summed E-state index contributed by atoms with van der Waals surface area (Å²) in [5.74, 6) is 1.11. The fourth-order valence-electron chi connectivity index (χ4n) is 2.08. The summed E-state index contributed by atoms with van der Waals surface area (Å²) in [6.07, 6.45) is 1.60. The number of aliphatic hydroxyl groups is 1. The van der Waals surface area contributed by atoms with Crippen molar-refractivity contribution in [2.75, 3.05) is 0 Å². The second-order valence-corrected chi connectivity index (χ2v) is 5.17. The topological polar surface area (TPSA) is 59.4 Å². The van der Waals surface area contributed by atoms with Gasteiger partial charge in [0, 0.05) is 30.2 Å². The molecule has 22 heavy (non-hydrogen) atoms. The summed E-state index contributed by atoms with van der Waals surface area (Å²) in [5, 5.41) is 9.74. The van der Waals surface area contributed by atoms with E-state index in [1.54, 1.807) is 6.07 Å². The molecule has 0 saturated heterocycles. The summed E-state index contributed by atoms with van der Waals surface area (Å²) < 4.78 is 5.70. The number of ether oxygens (including phenoxy) is 1. The summed E-state index contributed by atoms with van der Waals surface area (Å²) in [4.78, 5) is 15.4. The number of aromatic nitrogens is 1. The fourth-order valence-corrected chi connectivity index (χ4v) is 2.08. The van der Waals surface area contributed by atoms with Gasteiger partial charge < -0.3 is 9.84 Å². The van der Waals surface area contributed by atoms with E-state index in [9.17, 15) is 9.90 Å². The molecule has 0 aliphatic heterocycles. The Hall–Kier alpha value is -2.62. The van der Waals surface area contributed by atoms with Crippen LogP contribution in [-0.2, 0) is 4.79 Å². The molecule has 0 spiro atoms. The number of nitrogens with zero attached hydrogens (tertiary/aromatic N) is 1. The van der Waals surface area contributed by atoms with Crippen molar-refractivity contribution in [2.45, 2.75) is 26.2 Å². The van der Waals surface area contributed by atoms with Gasteiger partial charge in [0.25, 0.3) is 0 Å². The predicted octanol–water partition coefficient (Wildman–Crippen LogP) is 4.40. The van der Waals surface area contributed by atoms with Gasteiger partial charge in [0.05, 0.1) is 5.76 Å². The number of allylic oxidation sites excluding steroid dienone is 2. The second-order valence-electron chi connectivity index (χ2n) is 5.17. The van der Waals surface area contributed by atoms with E-state index in [4.69, 9.17) is 4.74 Å². The Morgan fingerprint density at radius 3 is 2.64 bits per heavy atom. The highest BCUT2D eigenvalue weighted by Crippen LogP contribution is 2.24. The summed E-state index contributed by atoms with van der Waals surface area (Å²) in [5.41, 5.74) is 0.803. The zero-order valence-electron chi connectivity index (χ0n) is 12.7.